The van der Waals surface area contributed by atoms with Crippen LogP contribution in [0.25, 0.3) is 0 Å². The third-order valence-electron chi connectivity index (χ3n) is 2.43. The van der Waals surface area contributed by atoms with Crippen LogP contribution in [0.2, 0.25) is 0 Å². The molecule has 2 rings (SSSR count). The Balaban J connectivity index is 2.01. The number of rotatable bonds is 6. The van der Waals surface area contributed by atoms with Crippen molar-refractivity contribution >= 4 is 28.8 Å². The number of thiophene rings is 2. The van der Waals surface area contributed by atoms with Crippen molar-refractivity contribution in [3.63, 3.8) is 0 Å². The summed E-state index contributed by atoms with van der Waals surface area (Å²) in [4.78, 5) is 15.8. The molecule has 0 saturated heterocycles. The van der Waals surface area contributed by atoms with Crippen LogP contribution >= 0.6 is 22.7 Å². The summed E-state index contributed by atoms with van der Waals surface area (Å²) in [5.74, 6) is 0. The summed E-state index contributed by atoms with van der Waals surface area (Å²) in [6.07, 6.45) is -0.393. The molecule has 0 bridgehead atoms. The van der Waals surface area contributed by atoms with Crippen LogP contribution in [-0.2, 0) is 17.8 Å². The molecular weight excluding hydrogens is 282 g/mol. The Morgan fingerprint density at radius 3 is 2.16 bits per heavy atom. The Morgan fingerprint density at radius 1 is 1.16 bits per heavy atom. The molecule has 0 saturated carbocycles. The van der Waals surface area contributed by atoms with Gasteiger partial charge in [-0.2, -0.15) is 0 Å². The second-order valence-electron chi connectivity index (χ2n) is 3.85. The Labute approximate surface area is 119 Å². The van der Waals surface area contributed by atoms with Gasteiger partial charge in [0.15, 0.2) is 0 Å². The van der Waals surface area contributed by atoms with Gasteiger partial charge in [0.2, 0.25) is 0 Å². The largest absolute Gasteiger partial charge is 0.447 e. The van der Waals surface area contributed by atoms with E-state index in [1.165, 1.54) is 0 Å². The molecule has 2 aromatic rings. The number of carbonyl (C=O) groups excluding carboxylic acids is 1. The van der Waals surface area contributed by atoms with E-state index >= 15 is 0 Å². The average molecular weight is 297 g/mol. The smallest absolute Gasteiger partial charge is 0.410 e. The van der Waals surface area contributed by atoms with E-state index in [0.29, 0.717) is 13.1 Å². The van der Waals surface area contributed by atoms with Gasteiger partial charge in [-0.05, 0) is 22.9 Å². The van der Waals surface area contributed by atoms with Crippen molar-refractivity contribution in [1.82, 2.24) is 4.90 Å². The van der Waals surface area contributed by atoms with Gasteiger partial charge >= 0.3 is 6.09 Å². The minimum absolute atomic E-state index is 0.0320. The van der Waals surface area contributed by atoms with Gasteiger partial charge in [-0.25, -0.2) is 4.79 Å². The number of aliphatic hydroxyl groups excluding tert-OH is 1. The predicted molar refractivity (Wildman–Crippen MR) is 76.3 cm³/mol. The van der Waals surface area contributed by atoms with Gasteiger partial charge in [-0.3, -0.25) is 4.90 Å². The first-order valence-electron chi connectivity index (χ1n) is 5.87. The third kappa shape index (κ3) is 4.34. The highest BCUT2D eigenvalue weighted by molar-refractivity contribution is 7.10. The van der Waals surface area contributed by atoms with E-state index in [4.69, 9.17) is 9.84 Å². The van der Waals surface area contributed by atoms with Crippen LogP contribution in [0.3, 0.4) is 0 Å². The summed E-state index contributed by atoms with van der Waals surface area (Å²) < 4.78 is 5.00. The number of hydrogen-bond acceptors (Lipinski definition) is 5. The lowest BCUT2D eigenvalue weighted by atomic mass is 10.4. The first-order chi connectivity index (χ1) is 9.29. The number of aliphatic hydroxyl groups is 1. The lowest BCUT2D eigenvalue weighted by Gasteiger charge is -2.20. The fourth-order valence-corrected chi connectivity index (χ4v) is 3.03. The molecule has 0 aliphatic rings. The van der Waals surface area contributed by atoms with Gasteiger partial charge in [0.05, 0.1) is 19.7 Å². The molecule has 102 valence electrons. The maximum atomic E-state index is 12.0. The second kappa shape index (κ2) is 7.28. The number of ether oxygens (including phenoxy) is 1. The van der Waals surface area contributed by atoms with E-state index in [0.717, 1.165) is 9.75 Å². The highest BCUT2D eigenvalue weighted by Gasteiger charge is 2.16. The molecule has 0 radical (unpaired) electrons. The number of hydrogen-bond donors (Lipinski definition) is 1. The molecule has 0 aromatic carbocycles. The van der Waals surface area contributed by atoms with E-state index < -0.39 is 6.09 Å². The third-order valence-corrected chi connectivity index (χ3v) is 4.15. The lowest BCUT2D eigenvalue weighted by molar-refractivity contribution is 0.0804. The van der Waals surface area contributed by atoms with E-state index in [9.17, 15) is 4.79 Å². The maximum Gasteiger partial charge on any atom is 0.410 e. The Morgan fingerprint density at radius 2 is 1.74 bits per heavy atom. The molecule has 1 amide bonds. The van der Waals surface area contributed by atoms with Crippen LogP contribution in [0.1, 0.15) is 9.75 Å². The van der Waals surface area contributed by atoms with Gasteiger partial charge < -0.3 is 9.84 Å². The molecule has 1 N–H and O–H groups in total. The highest BCUT2D eigenvalue weighted by atomic mass is 32.1. The van der Waals surface area contributed by atoms with Crippen LogP contribution in [0.5, 0.6) is 0 Å². The summed E-state index contributed by atoms with van der Waals surface area (Å²) >= 11 is 3.22. The monoisotopic (exact) mass is 297 g/mol. The average Bonchev–Trinajstić information content (AvgIpc) is 3.08. The Kier molecular flexibility index (Phi) is 5.38. The van der Waals surface area contributed by atoms with Gasteiger partial charge in [0.25, 0.3) is 0 Å². The van der Waals surface area contributed by atoms with E-state index in [1.807, 2.05) is 35.0 Å². The van der Waals surface area contributed by atoms with Crippen LogP contribution in [-0.4, -0.2) is 29.3 Å². The van der Waals surface area contributed by atoms with Crippen molar-refractivity contribution < 1.29 is 14.6 Å². The molecule has 0 unspecified atom stereocenters. The zero-order valence-corrected chi connectivity index (χ0v) is 12.0. The normalized spacial score (nSPS) is 10.4. The highest BCUT2D eigenvalue weighted by Crippen LogP contribution is 2.17. The minimum Gasteiger partial charge on any atom is -0.447 e. The molecule has 0 aliphatic carbocycles. The number of amides is 1. The van der Waals surface area contributed by atoms with Crippen molar-refractivity contribution in [2.45, 2.75) is 13.1 Å². The fourth-order valence-electron chi connectivity index (χ4n) is 1.59. The molecule has 2 aromatic heterocycles. The van der Waals surface area contributed by atoms with Gasteiger partial charge in [-0.1, -0.05) is 12.1 Å². The molecular formula is C13H15NO3S2. The minimum atomic E-state index is -0.393. The number of carbonyl (C=O) groups is 1. The maximum absolute atomic E-state index is 12.0. The Bertz CT molecular complexity index is 446. The lowest BCUT2D eigenvalue weighted by Crippen LogP contribution is -2.30. The van der Waals surface area contributed by atoms with Crippen molar-refractivity contribution in [3.05, 3.63) is 44.8 Å². The van der Waals surface area contributed by atoms with Crippen molar-refractivity contribution in [3.8, 4) is 0 Å². The van der Waals surface area contributed by atoms with E-state index in [1.54, 1.807) is 27.6 Å². The SMILES string of the molecule is O=C(OCCO)N(Cc1cccs1)Cc1cccs1. The summed E-state index contributed by atoms with van der Waals surface area (Å²) in [6, 6.07) is 7.90. The first-order valence-corrected chi connectivity index (χ1v) is 7.63. The van der Waals surface area contributed by atoms with Crippen molar-refractivity contribution in [2.24, 2.45) is 0 Å². The van der Waals surface area contributed by atoms with Crippen LogP contribution in [0, 0.1) is 0 Å². The molecule has 19 heavy (non-hydrogen) atoms. The number of nitrogens with zero attached hydrogens (tertiary/aromatic N) is 1. The molecule has 2 heterocycles. The van der Waals surface area contributed by atoms with Crippen molar-refractivity contribution in [2.75, 3.05) is 13.2 Å². The molecule has 6 heteroatoms. The van der Waals surface area contributed by atoms with Crippen LogP contribution in [0.4, 0.5) is 4.79 Å². The second-order valence-corrected chi connectivity index (χ2v) is 5.92. The summed E-state index contributed by atoms with van der Waals surface area (Å²) in [5, 5.41) is 12.7. The summed E-state index contributed by atoms with van der Waals surface area (Å²) in [7, 11) is 0. The van der Waals surface area contributed by atoms with Crippen molar-refractivity contribution in [1.29, 1.82) is 0 Å². The van der Waals surface area contributed by atoms with Gasteiger partial charge in [-0.15, -0.1) is 22.7 Å². The van der Waals surface area contributed by atoms with Crippen LogP contribution < -0.4 is 0 Å². The Hall–Kier alpha value is -1.37. The first kappa shape index (κ1) is 14.0. The molecule has 0 aliphatic heterocycles. The zero-order valence-electron chi connectivity index (χ0n) is 10.3. The molecule has 0 atom stereocenters. The summed E-state index contributed by atoms with van der Waals surface area (Å²) in [6.45, 7) is 0.932. The van der Waals surface area contributed by atoms with E-state index in [-0.39, 0.29) is 13.2 Å². The van der Waals surface area contributed by atoms with E-state index in [2.05, 4.69) is 0 Å². The summed E-state index contributed by atoms with van der Waals surface area (Å²) in [5.41, 5.74) is 0. The standard InChI is InChI=1S/C13H15NO3S2/c15-5-6-17-13(16)14(9-11-3-1-7-18-11)10-12-4-2-8-19-12/h1-4,7-8,15H,5-6,9-10H2. The quantitative estimate of drug-likeness (QED) is 0.892. The fraction of sp³-hybridized carbons (Fsp3) is 0.308. The molecule has 4 nitrogen and oxygen atoms in total. The van der Waals surface area contributed by atoms with Crippen LogP contribution in [0.15, 0.2) is 35.0 Å². The molecule has 0 spiro atoms. The zero-order chi connectivity index (χ0) is 13.5. The topological polar surface area (TPSA) is 49.8 Å². The van der Waals surface area contributed by atoms with Gasteiger partial charge in [0, 0.05) is 9.75 Å². The molecule has 0 fully saturated rings. The predicted octanol–water partition coefficient (Wildman–Crippen LogP) is 2.94. The van der Waals surface area contributed by atoms with Gasteiger partial charge in [0.1, 0.15) is 6.61 Å².